The Kier molecular flexibility index (Phi) is 5.08. The molecule has 0 bridgehead atoms. The zero-order chi connectivity index (χ0) is 18.0. The van der Waals surface area contributed by atoms with Gasteiger partial charge in [-0.3, -0.25) is 4.79 Å². The van der Waals surface area contributed by atoms with Crippen molar-refractivity contribution in [2.45, 2.75) is 0 Å². The van der Waals surface area contributed by atoms with Crippen molar-refractivity contribution < 1.29 is 9.18 Å². The largest absolute Gasteiger partial charge is 0.382 e. The molecule has 1 aromatic heterocycles. The standard InChI is InChI=1S/C16H11Cl2FN4OS/c17-9-3-1-2-4-12(9)22-15(24)13-14(20)23-16(25-13)21-8-5-6-11(19)10(18)7-8/h1-7H,20H2,(H,21,23)(H,22,24). The van der Waals surface area contributed by atoms with Gasteiger partial charge < -0.3 is 16.4 Å². The molecule has 0 unspecified atom stereocenters. The molecule has 0 atom stereocenters. The normalized spacial score (nSPS) is 10.5. The average molecular weight is 397 g/mol. The molecule has 128 valence electrons. The van der Waals surface area contributed by atoms with E-state index in [9.17, 15) is 9.18 Å². The van der Waals surface area contributed by atoms with E-state index in [1.807, 2.05) is 0 Å². The summed E-state index contributed by atoms with van der Waals surface area (Å²) >= 11 is 12.8. The fourth-order valence-corrected chi connectivity index (χ4v) is 3.15. The predicted molar refractivity (Wildman–Crippen MR) is 101 cm³/mol. The highest BCUT2D eigenvalue weighted by Gasteiger charge is 2.17. The number of thiazole rings is 1. The Labute approximate surface area is 156 Å². The number of amides is 1. The summed E-state index contributed by atoms with van der Waals surface area (Å²) in [6, 6.07) is 11.0. The van der Waals surface area contributed by atoms with Gasteiger partial charge in [0.05, 0.1) is 15.7 Å². The Bertz CT molecular complexity index is 948. The minimum Gasteiger partial charge on any atom is -0.382 e. The number of hydrogen-bond donors (Lipinski definition) is 3. The highest BCUT2D eigenvalue weighted by Crippen LogP contribution is 2.30. The first-order chi connectivity index (χ1) is 11.9. The monoisotopic (exact) mass is 396 g/mol. The Hall–Kier alpha value is -2.35. The molecule has 0 fully saturated rings. The van der Waals surface area contributed by atoms with E-state index in [-0.39, 0.29) is 15.7 Å². The molecular weight excluding hydrogens is 386 g/mol. The van der Waals surface area contributed by atoms with Crippen LogP contribution in [0.15, 0.2) is 42.5 Å². The van der Waals surface area contributed by atoms with E-state index >= 15 is 0 Å². The maximum Gasteiger partial charge on any atom is 0.269 e. The third-order valence-corrected chi connectivity index (χ3v) is 4.76. The Morgan fingerprint density at radius 2 is 1.92 bits per heavy atom. The second-order valence-corrected chi connectivity index (χ2v) is 6.73. The molecule has 0 aliphatic carbocycles. The van der Waals surface area contributed by atoms with E-state index in [2.05, 4.69) is 15.6 Å². The number of nitrogens with zero attached hydrogens (tertiary/aromatic N) is 1. The molecule has 0 saturated carbocycles. The molecule has 1 amide bonds. The average Bonchev–Trinajstić information content (AvgIpc) is 2.93. The van der Waals surface area contributed by atoms with Crippen LogP contribution in [0.3, 0.4) is 0 Å². The van der Waals surface area contributed by atoms with Crippen LogP contribution in [0, 0.1) is 5.82 Å². The number of anilines is 4. The Morgan fingerprint density at radius 1 is 1.16 bits per heavy atom. The number of nitrogens with two attached hydrogens (primary N) is 1. The molecule has 0 spiro atoms. The molecule has 0 saturated heterocycles. The lowest BCUT2D eigenvalue weighted by molar-refractivity contribution is 0.103. The van der Waals surface area contributed by atoms with Gasteiger partial charge in [0.25, 0.3) is 5.91 Å². The fraction of sp³-hybridized carbons (Fsp3) is 0. The zero-order valence-electron chi connectivity index (χ0n) is 12.5. The number of rotatable bonds is 4. The molecule has 4 N–H and O–H groups in total. The van der Waals surface area contributed by atoms with Gasteiger partial charge in [-0.1, -0.05) is 46.7 Å². The molecule has 25 heavy (non-hydrogen) atoms. The first-order valence-corrected chi connectivity index (χ1v) is 8.55. The van der Waals surface area contributed by atoms with Gasteiger partial charge in [-0.2, -0.15) is 0 Å². The van der Waals surface area contributed by atoms with Crippen LogP contribution in [-0.4, -0.2) is 10.9 Å². The number of benzene rings is 2. The topological polar surface area (TPSA) is 80.0 Å². The van der Waals surface area contributed by atoms with Gasteiger partial charge in [0.2, 0.25) is 0 Å². The highest BCUT2D eigenvalue weighted by atomic mass is 35.5. The number of aromatic nitrogens is 1. The molecule has 0 radical (unpaired) electrons. The van der Waals surface area contributed by atoms with Crippen molar-refractivity contribution in [3.63, 3.8) is 0 Å². The van der Waals surface area contributed by atoms with Crippen molar-refractivity contribution in [3.05, 3.63) is 63.2 Å². The number of carbonyl (C=O) groups excluding carboxylic acids is 1. The van der Waals surface area contributed by atoms with Crippen LogP contribution < -0.4 is 16.4 Å². The van der Waals surface area contributed by atoms with Crippen LogP contribution >= 0.6 is 34.5 Å². The quantitative estimate of drug-likeness (QED) is 0.568. The third-order valence-electron chi connectivity index (χ3n) is 3.15. The number of nitrogen functional groups attached to an aromatic ring is 1. The lowest BCUT2D eigenvalue weighted by Gasteiger charge is -2.05. The third kappa shape index (κ3) is 4.01. The summed E-state index contributed by atoms with van der Waals surface area (Å²) in [5.41, 5.74) is 6.82. The molecule has 2 aromatic carbocycles. The molecule has 0 aliphatic rings. The van der Waals surface area contributed by atoms with Crippen molar-refractivity contribution >= 4 is 62.8 Å². The minimum atomic E-state index is -0.523. The van der Waals surface area contributed by atoms with Crippen LogP contribution in [0.1, 0.15) is 9.67 Å². The van der Waals surface area contributed by atoms with Crippen molar-refractivity contribution in [1.82, 2.24) is 4.98 Å². The molecule has 3 rings (SSSR count). The summed E-state index contributed by atoms with van der Waals surface area (Å²) in [4.78, 5) is 16.7. The van der Waals surface area contributed by atoms with Crippen LogP contribution in [0.5, 0.6) is 0 Å². The van der Waals surface area contributed by atoms with Crippen LogP contribution in [0.25, 0.3) is 0 Å². The number of halogens is 3. The second-order valence-electron chi connectivity index (χ2n) is 4.92. The first-order valence-electron chi connectivity index (χ1n) is 6.98. The number of nitrogens with one attached hydrogen (secondary N) is 2. The summed E-state index contributed by atoms with van der Waals surface area (Å²) in [5, 5.41) is 6.39. The van der Waals surface area contributed by atoms with Gasteiger partial charge in [-0.25, -0.2) is 9.37 Å². The second kappa shape index (κ2) is 7.26. The van der Waals surface area contributed by atoms with Crippen LogP contribution in [0.4, 0.5) is 26.7 Å². The smallest absolute Gasteiger partial charge is 0.269 e. The number of carbonyl (C=O) groups is 1. The number of para-hydroxylation sites is 1. The summed E-state index contributed by atoms with van der Waals surface area (Å²) in [6.45, 7) is 0. The van der Waals surface area contributed by atoms with Gasteiger partial charge in [-0.05, 0) is 30.3 Å². The highest BCUT2D eigenvalue weighted by molar-refractivity contribution is 7.18. The maximum atomic E-state index is 13.2. The summed E-state index contributed by atoms with van der Waals surface area (Å²) in [6.07, 6.45) is 0. The zero-order valence-corrected chi connectivity index (χ0v) is 14.8. The molecule has 3 aromatic rings. The van der Waals surface area contributed by atoms with Gasteiger partial charge in [0, 0.05) is 5.69 Å². The van der Waals surface area contributed by atoms with E-state index in [4.69, 9.17) is 28.9 Å². The first kappa shape index (κ1) is 17.5. The van der Waals surface area contributed by atoms with E-state index in [0.29, 0.717) is 21.5 Å². The Morgan fingerprint density at radius 3 is 2.64 bits per heavy atom. The molecule has 0 aliphatic heterocycles. The van der Waals surface area contributed by atoms with Gasteiger partial charge in [0.15, 0.2) is 5.13 Å². The van der Waals surface area contributed by atoms with Crippen molar-refractivity contribution in [2.75, 3.05) is 16.4 Å². The lowest BCUT2D eigenvalue weighted by Crippen LogP contribution is -2.12. The van der Waals surface area contributed by atoms with Gasteiger partial charge in [0.1, 0.15) is 16.5 Å². The van der Waals surface area contributed by atoms with Crippen LogP contribution in [-0.2, 0) is 0 Å². The van der Waals surface area contributed by atoms with Crippen molar-refractivity contribution in [1.29, 1.82) is 0 Å². The molecule has 1 heterocycles. The Balaban J connectivity index is 1.78. The van der Waals surface area contributed by atoms with E-state index in [1.165, 1.54) is 18.2 Å². The molecule has 5 nitrogen and oxygen atoms in total. The fourth-order valence-electron chi connectivity index (χ4n) is 1.99. The summed E-state index contributed by atoms with van der Waals surface area (Å²) in [5.74, 6) is -0.871. The predicted octanol–water partition coefficient (Wildman–Crippen LogP) is 5.17. The van der Waals surface area contributed by atoms with Crippen molar-refractivity contribution in [3.8, 4) is 0 Å². The van der Waals surface area contributed by atoms with E-state index in [0.717, 1.165) is 11.3 Å². The molecule has 9 heteroatoms. The maximum absolute atomic E-state index is 13.2. The van der Waals surface area contributed by atoms with Gasteiger partial charge in [-0.15, -0.1) is 0 Å². The van der Waals surface area contributed by atoms with E-state index < -0.39 is 11.7 Å². The van der Waals surface area contributed by atoms with Crippen LogP contribution in [0.2, 0.25) is 10.0 Å². The van der Waals surface area contributed by atoms with Gasteiger partial charge >= 0.3 is 0 Å². The molecular formula is C16H11Cl2FN4OS. The summed E-state index contributed by atoms with van der Waals surface area (Å²) < 4.78 is 13.2. The minimum absolute atomic E-state index is 0.0220. The summed E-state index contributed by atoms with van der Waals surface area (Å²) in [7, 11) is 0. The van der Waals surface area contributed by atoms with E-state index in [1.54, 1.807) is 24.3 Å². The number of hydrogen-bond acceptors (Lipinski definition) is 5. The lowest BCUT2D eigenvalue weighted by atomic mass is 10.3. The van der Waals surface area contributed by atoms with Crippen molar-refractivity contribution in [2.24, 2.45) is 0 Å². The SMILES string of the molecule is Nc1nc(Nc2ccc(F)c(Cl)c2)sc1C(=O)Nc1ccccc1Cl.